The molecule has 2 amide bonds. The fourth-order valence-electron chi connectivity index (χ4n) is 4.15. The number of nitrogens with one attached hydrogen (secondary N) is 3. The van der Waals surface area contributed by atoms with Crippen molar-refractivity contribution in [3.63, 3.8) is 0 Å². The molecule has 3 aliphatic heterocycles. The Balaban J connectivity index is 1.36. The van der Waals surface area contributed by atoms with Crippen LogP contribution in [0, 0.1) is 5.92 Å². The zero-order valence-electron chi connectivity index (χ0n) is 14.5. The van der Waals surface area contributed by atoms with Gasteiger partial charge in [-0.3, -0.25) is 19.8 Å². The molecule has 6 nitrogen and oxygen atoms in total. The van der Waals surface area contributed by atoms with Crippen LogP contribution in [0.1, 0.15) is 36.8 Å². The summed E-state index contributed by atoms with van der Waals surface area (Å²) in [6, 6.07) is 6.08. The van der Waals surface area contributed by atoms with Gasteiger partial charge in [0, 0.05) is 31.7 Å². The van der Waals surface area contributed by atoms with Crippen molar-refractivity contribution >= 4 is 17.5 Å². The summed E-state index contributed by atoms with van der Waals surface area (Å²) in [5.74, 6) is 0.409. The van der Waals surface area contributed by atoms with Gasteiger partial charge in [0.05, 0.1) is 0 Å². The third-order valence-corrected chi connectivity index (χ3v) is 5.55. The lowest BCUT2D eigenvalue weighted by Crippen LogP contribution is -2.47. The monoisotopic (exact) mass is 342 g/mol. The maximum atomic E-state index is 11.9. The summed E-state index contributed by atoms with van der Waals surface area (Å²) in [5, 5.41) is 9.12. The van der Waals surface area contributed by atoms with E-state index >= 15 is 0 Å². The molecular formula is C19H26N4O2. The minimum atomic E-state index is -0.317. The predicted molar refractivity (Wildman–Crippen MR) is 95.9 cm³/mol. The molecule has 134 valence electrons. The van der Waals surface area contributed by atoms with Gasteiger partial charge in [-0.1, -0.05) is 6.07 Å². The van der Waals surface area contributed by atoms with E-state index in [2.05, 4.69) is 39.0 Å². The normalized spacial score (nSPS) is 24.9. The average molecular weight is 342 g/mol. The van der Waals surface area contributed by atoms with Crippen LogP contribution in [0.3, 0.4) is 0 Å². The van der Waals surface area contributed by atoms with Crippen molar-refractivity contribution in [2.45, 2.75) is 44.8 Å². The van der Waals surface area contributed by atoms with Crippen LogP contribution in [0.2, 0.25) is 0 Å². The number of carbonyl (C=O) groups is 2. The number of imide groups is 1. The smallest absolute Gasteiger partial charge is 0.249 e. The van der Waals surface area contributed by atoms with Gasteiger partial charge in [0.15, 0.2) is 0 Å². The average Bonchev–Trinajstić information content (AvgIpc) is 3.00. The molecule has 25 heavy (non-hydrogen) atoms. The standard InChI is InChI=1S/C19H26N4O2/c24-18-4-3-17(19(25)22-18)21-16-2-1-14-11-23(12-15(14)9-16)10-13-5-7-20-8-6-13/h1-2,9,13,17,20-21H,3-8,10-12H2,(H,22,24,25). The summed E-state index contributed by atoms with van der Waals surface area (Å²) in [4.78, 5) is 25.7. The van der Waals surface area contributed by atoms with Crippen molar-refractivity contribution in [3.05, 3.63) is 29.3 Å². The van der Waals surface area contributed by atoms with Crippen LogP contribution in [-0.4, -0.2) is 42.4 Å². The van der Waals surface area contributed by atoms with Crippen molar-refractivity contribution in [2.75, 3.05) is 25.0 Å². The Morgan fingerprint density at radius 2 is 1.88 bits per heavy atom. The van der Waals surface area contributed by atoms with Crippen molar-refractivity contribution in [1.82, 2.24) is 15.5 Å². The Kier molecular flexibility index (Phi) is 4.72. The highest BCUT2D eigenvalue weighted by Crippen LogP contribution is 2.28. The van der Waals surface area contributed by atoms with Crippen LogP contribution in [0.15, 0.2) is 18.2 Å². The Hall–Kier alpha value is -1.92. The third kappa shape index (κ3) is 3.85. The minimum absolute atomic E-state index is 0.175. The first-order chi connectivity index (χ1) is 12.2. The Bertz CT molecular complexity index is 669. The number of fused-ring (bicyclic) bond motifs is 1. The Morgan fingerprint density at radius 1 is 1.08 bits per heavy atom. The second kappa shape index (κ2) is 7.14. The minimum Gasteiger partial charge on any atom is -0.374 e. The van der Waals surface area contributed by atoms with Gasteiger partial charge in [-0.15, -0.1) is 0 Å². The molecule has 0 aliphatic carbocycles. The first-order valence-corrected chi connectivity index (χ1v) is 9.32. The summed E-state index contributed by atoms with van der Waals surface area (Å²) in [6.45, 7) is 5.48. The molecule has 0 aromatic heterocycles. The van der Waals surface area contributed by atoms with Gasteiger partial charge in [-0.25, -0.2) is 0 Å². The number of amides is 2. The van der Waals surface area contributed by atoms with Crippen LogP contribution >= 0.6 is 0 Å². The molecule has 3 N–H and O–H groups in total. The fraction of sp³-hybridized carbons (Fsp3) is 0.579. The predicted octanol–water partition coefficient (Wildman–Crippen LogP) is 1.22. The molecule has 2 fully saturated rings. The number of carbonyl (C=O) groups excluding carboxylic acids is 2. The lowest BCUT2D eigenvalue weighted by Gasteiger charge is -2.27. The van der Waals surface area contributed by atoms with Crippen LogP contribution < -0.4 is 16.0 Å². The molecule has 6 heteroatoms. The summed E-state index contributed by atoms with van der Waals surface area (Å²) in [5.41, 5.74) is 3.71. The van der Waals surface area contributed by atoms with E-state index in [1.165, 1.54) is 30.5 Å². The molecule has 2 saturated heterocycles. The third-order valence-electron chi connectivity index (χ3n) is 5.55. The van der Waals surface area contributed by atoms with Gasteiger partial charge in [-0.2, -0.15) is 0 Å². The second-order valence-electron chi connectivity index (χ2n) is 7.49. The zero-order valence-corrected chi connectivity index (χ0v) is 14.5. The first kappa shape index (κ1) is 16.5. The largest absolute Gasteiger partial charge is 0.374 e. The van der Waals surface area contributed by atoms with Crippen LogP contribution in [-0.2, 0) is 22.7 Å². The highest BCUT2D eigenvalue weighted by Gasteiger charge is 2.27. The van der Waals surface area contributed by atoms with Crippen molar-refractivity contribution < 1.29 is 9.59 Å². The van der Waals surface area contributed by atoms with Crippen molar-refractivity contribution in [2.24, 2.45) is 5.92 Å². The van der Waals surface area contributed by atoms with Gasteiger partial charge in [-0.05, 0) is 61.5 Å². The highest BCUT2D eigenvalue weighted by molar-refractivity contribution is 6.01. The zero-order chi connectivity index (χ0) is 17.2. The van der Waals surface area contributed by atoms with Crippen LogP contribution in [0.5, 0.6) is 0 Å². The van der Waals surface area contributed by atoms with Gasteiger partial charge in [0.2, 0.25) is 11.8 Å². The maximum absolute atomic E-state index is 11.9. The number of hydrogen-bond donors (Lipinski definition) is 3. The Labute approximate surface area is 148 Å². The number of rotatable bonds is 4. The molecular weight excluding hydrogens is 316 g/mol. The molecule has 3 heterocycles. The first-order valence-electron chi connectivity index (χ1n) is 9.32. The van der Waals surface area contributed by atoms with Crippen LogP contribution in [0.25, 0.3) is 0 Å². The summed E-state index contributed by atoms with van der Waals surface area (Å²) >= 11 is 0. The second-order valence-corrected chi connectivity index (χ2v) is 7.49. The van der Waals surface area contributed by atoms with E-state index in [0.29, 0.717) is 12.8 Å². The van der Waals surface area contributed by atoms with E-state index in [-0.39, 0.29) is 17.9 Å². The summed E-state index contributed by atoms with van der Waals surface area (Å²) in [6.07, 6.45) is 3.51. The molecule has 1 aromatic rings. The molecule has 1 atom stereocenters. The molecule has 0 spiro atoms. The fourth-order valence-corrected chi connectivity index (χ4v) is 4.15. The van der Waals surface area contributed by atoms with E-state index < -0.39 is 0 Å². The van der Waals surface area contributed by atoms with E-state index in [0.717, 1.165) is 37.8 Å². The molecule has 0 saturated carbocycles. The summed E-state index contributed by atoms with van der Waals surface area (Å²) < 4.78 is 0. The molecule has 4 rings (SSSR count). The van der Waals surface area contributed by atoms with Gasteiger partial charge < -0.3 is 10.6 Å². The molecule has 1 unspecified atom stereocenters. The number of hydrogen-bond acceptors (Lipinski definition) is 5. The lowest BCUT2D eigenvalue weighted by atomic mass is 9.98. The number of anilines is 1. The maximum Gasteiger partial charge on any atom is 0.249 e. The van der Waals surface area contributed by atoms with Gasteiger partial charge in [0.1, 0.15) is 6.04 Å². The van der Waals surface area contributed by atoms with E-state index in [1.54, 1.807) is 0 Å². The molecule has 1 aromatic carbocycles. The molecule has 0 bridgehead atoms. The number of benzene rings is 1. The van der Waals surface area contributed by atoms with E-state index in [9.17, 15) is 9.59 Å². The molecule has 0 radical (unpaired) electrons. The Morgan fingerprint density at radius 3 is 2.68 bits per heavy atom. The quantitative estimate of drug-likeness (QED) is 0.718. The SMILES string of the molecule is O=C1CCC(Nc2ccc3c(c2)CN(CC2CCNCC2)C3)C(=O)N1. The lowest BCUT2D eigenvalue weighted by molar-refractivity contribution is -0.133. The summed E-state index contributed by atoms with van der Waals surface area (Å²) in [7, 11) is 0. The topological polar surface area (TPSA) is 73.5 Å². The van der Waals surface area contributed by atoms with Crippen molar-refractivity contribution in [3.8, 4) is 0 Å². The molecule has 3 aliphatic rings. The van der Waals surface area contributed by atoms with Gasteiger partial charge >= 0.3 is 0 Å². The number of nitrogens with zero attached hydrogens (tertiary/aromatic N) is 1. The van der Waals surface area contributed by atoms with E-state index in [4.69, 9.17) is 0 Å². The van der Waals surface area contributed by atoms with E-state index in [1.807, 2.05) is 0 Å². The number of piperidine rings is 2. The van der Waals surface area contributed by atoms with Gasteiger partial charge in [0.25, 0.3) is 0 Å². The highest BCUT2D eigenvalue weighted by atomic mass is 16.2. The van der Waals surface area contributed by atoms with Crippen LogP contribution in [0.4, 0.5) is 5.69 Å². The van der Waals surface area contributed by atoms with Crippen molar-refractivity contribution in [1.29, 1.82) is 0 Å².